The Morgan fingerprint density at radius 3 is 3.14 bits per heavy atom. The molecule has 1 heterocycles. The number of carbonyl (C=O) groups excluding carboxylic acids is 1. The summed E-state index contributed by atoms with van der Waals surface area (Å²) in [6, 6.07) is 7.65. The molecule has 0 saturated carbocycles. The van der Waals surface area contributed by atoms with E-state index in [1.165, 1.54) is 5.56 Å². The van der Waals surface area contributed by atoms with Crippen LogP contribution in [0, 0.1) is 0 Å². The van der Waals surface area contributed by atoms with Crippen LogP contribution in [-0.4, -0.2) is 12.6 Å². The molecule has 2 rings (SSSR count). The first kappa shape index (κ1) is 9.21. The van der Waals surface area contributed by atoms with E-state index in [1.807, 2.05) is 31.2 Å². The van der Waals surface area contributed by atoms with Crippen molar-refractivity contribution in [2.45, 2.75) is 19.5 Å². The molecule has 1 N–H and O–H groups in total. The largest absolute Gasteiger partial charge is 0.465 e. The summed E-state index contributed by atoms with van der Waals surface area (Å²) in [6.45, 7) is 3.00. The lowest BCUT2D eigenvalue weighted by Gasteiger charge is -2.10. The Kier molecular flexibility index (Phi) is 2.50. The first-order chi connectivity index (χ1) is 6.83. The van der Waals surface area contributed by atoms with E-state index in [1.54, 1.807) is 0 Å². The number of nitrogens with one attached hydrogen (secondary N) is 1. The van der Waals surface area contributed by atoms with E-state index < -0.39 is 0 Å². The zero-order chi connectivity index (χ0) is 9.97. The number of fused-ring (bicyclic) bond motifs is 1. The highest BCUT2D eigenvalue weighted by molar-refractivity contribution is 5.79. The van der Waals surface area contributed by atoms with Crippen LogP contribution in [0.25, 0.3) is 0 Å². The smallest absolute Gasteiger partial charge is 0.327 e. The van der Waals surface area contributed by atoms with Gasteiger partial charge in [-0.05, 0) is 18.1 Å². The average Bonchev–Trinajstić information content (AvgIpc) is 2.61. The predicted octanol–water partition coefficient (Wildman–Crippen LogP) is 1.39. The number of carbonyl (C=O) groups is 1. The second-order valence-corrected chi connectivity index (χ2v) is 3.26. The van der Waals surface area contributed by atoms with Gasteiger partial charge in [0, 0.05) is 6.54 Å². The molecule has 0 fully saturated rings. The molecule has 0 bridgehead atoms. The van der Waals surface area contributed by atoms with Crippen molar-refractivity contribution in [1.29, 1.82) is 0 Å². The van der Waals surface area contributed by atoms with E-state index in [0.717, 1.165) is 12.1 Å². The number of esters is 1. The zero-order valence-corrected chi connectivity index (χ0v) is 8.12. The molecule has 0 aliphatic carbocycles. The topological polar surface area (TPSA) is 38.3 Å². The van der Waals surface area contributed by atoms with Crippen molar-refractivity contribution < 1.29 is 9.53 Å². The van der Waals surface area contributed by atoms with Crippen LogP contribution in [0.2, 0.25) is 0 Å². The minimum absolute atomic E-state index is 0.183. The molecule has 0 amide bonds. The maximum atomic E-state index is 11.5. The molecular formula is C11H13NO2. The molecular weight excluding hydrogens is 178 g/mol. The van der Waals surface area contributed by atoms with Crippen molar-refractivity contribution in [1.82, 2.24) is 5.32 Å². The molecule has 0 unspecified atom stereocenters. The molecule has 74 valence electrons. The van der Waals surface area contributed by atoms with Gasteiger partial charge >= 0.3 is 5.97 Å². The van der Waals surface area contributed by atoms with Gasteiger partial charge in [0.15, 0.2) is 0 Å². The summed E-state index contributed by atoms with van der Waals surface area (Å²) in [4.78, 5) is 11.5. The molecule has 3 heteroatoms. The van der Waals surface area contributed by atoms with Crippen molar-refractivity contribution in [2.75, 3.05) is 6.61 Å². The highest BCUT2D eigenvalue weighted by Crippen LogP contribution is 2.25. The fraction of sp³-hybridized carbons (Fsp3) is 0.364. The first-order valence-corrected chi connectivity index (χ1v) is 4.80. The number of ether oxygens (including phenoxy) is 1. The second kappa shape index (κ2) is 3.80. The summed E-state index contributed by atoms with van der Waals surface area (Å²) in [7, 11) is 0. The molecule has 1 aromatic rings. The van der Waals surface area contributed by atoms with Crippen LogP contribution in [0.4, 0.5) is 0 Å². The quantitative estimate of drug-likeness (QED) is 0.718. The Morgan fingerprint density at radius 1 is 1.57 bits per heavy atom. The van der Waals surface area contributed by atoms with Crippen molar-refractivity contribution >= 4 is 5.97 Å². The summed E-state index contributed by atoms with van der Waals surface area (Å²) >= 11 is 0. The minimum atomic E-state index is -0.272. The average molecular weight is 191 g/mol. The van der Waals surface area contributed by atoms with Gasteiger partial charge in [-0.15, -0.1) is 0 Å². The van der Waals surface area contributed by atoms with Gasteiger partial charge in [0.2, 0.25) is 0 Å². The fourth-order valence-corrected chi connectivity index (χ4v) is 1.73. The normalized spacial score (nSPS) is 19.1. The van der Waals surface area contributed by atoms with E-state index in [-0.39, 0.29) is 12.0 Å². The van der Waals surface area contributed by atoms with Crippen LogP contribution < -0.4 is 5.32 Å². The van der Waals surface area contributed by atoms with E-state index in [0.29, 0.717) is 6.61 Å². The van der Waals surface area contributed by atoms with E-state index in [2.05, 4.69) is 5.32 Å². The molecule has 14 heavy (non-hydrogen) atoms. The van der Waals surface area contributed by atoms with Gasteiger partial charge in [0.05, 0.1) is 6.61 Å². The molecule has 0 spiro atoms. The number of hydrogen-bond acceptors (Lipinski definition) is 3. The maximum Gasteiger partial charge on any atom is 0.327 e. The molecule has 1 aromatic carbocycles. The van der Waals surface area contributed by atoms with Crippen LogP contribution in [0.1, 0.15) is 24.1 Å². The Balaban J connectivity index is 2.21. The summed E-state index contributed by atoms with van der Waals surface area (Å²) in [6.07, 6.45) is 0. The van der Waals surface area contributed by atoms with Gasteiger partial charge in [-0.3, -0.25) is 5.32 Å². The molecule has 1 aliphatic rings. The molecule has 1 atom stereocenters. The Labute approximate surface area is 83.1 Å². The molecule has 0 radical (unpaired) electrons. The lowest BCUT2D eigenvalue weighted by Crippen LogP contribution is -2.24. The van der Waals surface area contributed by atoms with Crippen LogP contribution in [0.15, 0.2) is 24.3 Å². The summed E-state index contributed by atoms with van der Waals surface area (Å²) in [5.74, 6) is -0.183. The Bertz CT molecular complexity index is 349. The van der Waals surface area contributed by atoms with Crippen LogP contribution in [0.3, 0.4) is 0 Å². The third-order valence-electron chi connectivity index (χ3n) is 2.39. The predicted molar refractivity (Wildman–Crippen MR) is 52.7 cm³/mol. The third kappa shape index (κ3) is 1.51. The van der Waals surface area contributed by atoms with Crippen LogP contribution in [0.5, 0.6) is 0 Å². The monoisotopic (exact) mass is 191 g/mol. The van der Waals surface area contributed by atoms with E-state index >= 15 is 0 Å². The van der Waals surface area contributed by atoms with E-state index in [4.69, 9.17) is 4.74 Å². The van der Waals surface area contributed by atoms with E-state index in [9.17, 15) is 4.79 Å². The molecule has 1 aliphatic heterocycles. The summed E-state index contributed by atoms with van der Waals surface area (Å²) in [5.41, 5.74) is 2.23. The van der Waals surface area contributed by atoms with Gasteiger partial charge in [-0.25, -0.2) is 4.79 Å². The third-order valence-corrected chi connectivity index (χ3v) is 2.39. The highest BCUT2D eigenvalue weighted by atomic mass is 16.5. The van der Waals surface area contributed by atoms with Crippen LogP contribution >= 0.6 is 0 Å². The molecule has 0 aromatic heterocycles. The Hall–Kier alpha value is -1.35. The van der Waals surface area contributed by atoms with Crippen molar-refractivity contribution in [3.63, 3.8) is 0 Å². The number of benzene rings is 1. The van der Waals surface area contributed by atoms with Gasteiger partial charge in [0.25, 0.3) is 0 Å². The first-order valence-electron chi connectivity index (χ1n) is 4.80. The second-order valence-electron chi connectivity index (χ2n) is 3.26. The van der Waals surface area contributed by atoms with Crippen molar-refractivity contribution in [3.8, 4) is 0 Å². The maximum absolute atomic E-state index is 11.5. The Morgan fingerprint density at radius 2 is 2.36 bits per heavy atom. The number of hydrogen-bond donors (Lipinski definition) is 1. The highest BCUT2D eigenvalue weighted by Gasteiger charge is 2.28. The lowest BCUT2D eigenvalue weighted by molar-refractivity contribution is -0.145. The number of rotatable bonds is 2. The standard InChI is InChI=1S/C11H13NO2/c1-2-14-11(13)10-9-6-4-3-5-8(9)7-12-10/h3-6,10,12H,2,7H2,1H3/t10-/m0/s1. The van der Waals surface area contributed by atoms with Crippen molar-refractivity contribution in [3.05, 3.63) is 35.4 Å². The van der Waals surface area contributed by atoms with Crippen LogP contribution in [-0.2, 0) is 16.1 Å². The van der Waals surface area contributed by atoms with Gasteiger partial charge in [-0.1, -0.05) is 24.3 Å². The van der Waals surface area contributed by atoms with Gasteiger partial charge < -0.3 is 4.74 Å². The molecule has 3 nitrogen and oxygen atoms in total. The lowest BCUT2D eigenvalue weighted by atomic mass is 10.1. The SMILES string of the molecule is CCOC(=O)[C@H]1NCc2ccccc21. The molecule has 0 saturated heterocycles. The zero-order valence-electron chi connectivity index (χ0n) is 8.12. The van der Waals surface area contributed by atoms with Gasteiger partial charge in [-0.2, -0.15) is 0 Å². The fourth-order valence-electron chi connectivity index (χ4n) is 1.73. The van der Waals surface area contributed by atoms with Gasteiger partial charge in [0.1, 0.15) is 6.04 Å². The minimum Gasteiger partial charge on any atom is -0.465 e. The summed E-state index contributed by atoms with van der Waals surface area (Å²) in [5, 5.41) is 3.13. The summed E-state index contributed by atoms with van der Waals surface area (Å²) < 4.78 is 4.98. The van der Waals surface area contributed by atoms with Crippen molar-refractivity contribution in [2.24, 2.45) is 0 Å².